The summed E-state index contributed by atoms with van der Waals surface area (Å²) in [6, 6.07) is 1.71. The number of aryl methyl sites for hydroxylation is 1. The Hall–Kier alpha value is -2.08. The van der Waals surface area contributed by atoms with E-state index in [-0.39, 0.29) is 18.2 Å². The molecule has 0 aromatic carbocycles. The summed E-state index contributed by atoms with van der Waals surface area (Å²) in [4.78, 5) is 22.3. The highest BCUT2D eigenvalue weighted by Gasteiger charge is 2.42. The van der Waals surface area contributed by atoms with Crippen molar-refractivity contribution in [1.82, 2.24) is 14.9 Å². The Balaban J connectivity index is 1.74. The predicted octanol–water partition coefficient (Wildman–Crippen LogP) is 3.98. The summed E-state index contributed by atoms with van der Waals surface area (Å²) in [5.41, 5.74) is 0.492. The van der Waals surface area contributed by atoms with Gasteiger partial charge in [0.25, 0.3) is 0 Å². The average molecular weight is 364 g/mol. The third kappa shape index (κ3) is 3.63. The van der Waals surface area contributed by atoms with Crippen LogP contribution in [0.5, 0.6) is 5.88 Å². The third-order valence-electron chi connectivity index (χ3n) is 4.20. The number of aromatic nitrogens is 2. The van der Waals surface area contributed by atoms with Crippen molar-refractivity contribution in [1.29, 1.82) is 0 Å². The zero-order chi connectivity index (χ0) is 18.4. The maximum absolute atomic E-state index is 12.2. The summed E-state index contributed by atoms with van der Waals surface area (Å²) >= 11 is 5.99. The molecule has 0 aliphatic carbocycles. The van der Waals surface area contributed by atoms with Gasteiger partial charge in [-0.2, -0.15) is 0 Å². The third-order valence-corrected chi connectivity index (χ3v) is 4.41. The minimum atomic E-state index is -0.512. The highest BCUT2D eigenvalue weighted by Crippen LogP contribution is 2.31. The lowest BCUT2D eigenvalue weighted by atomic mass is 10.0. The molecule has 7 heteroatoms. The highest BCUT2D eigenvalue weighted by molar-refractivity contribution is 6.30. The number of fused-ring (bicyclic) bond motifs is 1. The molecule has 2 atom stereocenters. The Morgan fingerprint density at radius 1 is 1.28 bits per heavy atom. The molecule has 0 saturated carbocycles. The zero-order valence-electron chi connectivity index (χ0n) is 15.0. The van der Waals surface area contributed by atoms with E-state index in [4.69, 9.17) is 21.1 Å². The molecule has 3 rings (SSSR count). The molecule has 2 aromatic heterocycles. The largest absolute Gasteiger partial charge is 0.470 e. The number of hydrogen-bond donors (Lipinski definition) is 0. The van der Waals surface area contributed by atoms with Gasteiger partial charge in [0, 0.05) is 12.4 Å². The van der Waals surface area contributed by atoms with Gasteiger partial charge in [-0.15, -0.1) is 0 Å². The number of hydrogen-bond acceptors (Lipinski definition) is 5. The molecule has 3 heterocycles. The molecule has 6 nitrogen and oxygen atoms in total. The number of likely N-dealkylation sites (tertiary alicyclic amines) is 1. The van der Waals surface area contributed by atoms with Gasteiger partial charge in [-0.05, 0) is 51.6 Å². The van der Waals surface area contributed by atoms with Gasteiger partial charge < -0.3 is 9.47 Å². The van der Waals surface area contributed by atoms with Crippen LogP contribution in [-0.4, -0.2) is 45.3 Å². The average Bonchev–Trinajstić information content (AvgIpc) is 2.51. The Kier molecular flexibility index (Phi) is 4.49. The van der Waals surface area contributed by atoms with Gasteiger partial charge >= 0.3 is 6.09 Å². The second-order valence-corrected chi connectivity index (χ2v) is 7.72. The molecule has 1 aliphatic rings. The lowest BCUT2D eigenvalue weighted by Crippen LogP contribution is -2.63. The Morgan fingerprint density at radius 3 is 2.64 bits per heavy atom. The Bertz CT molecular complexity index is 819. The van der Waals surface area contributed by atoms with E-state index < -0.39 is 5.60 Å². The van der Waals surface area contributed by atoms with E-state index in [0.717, 1.165) is 16.3 Å². The standard InChI is InChI=1S/C18H22ClN3O3/c1-10-7-21-16(13-8-20-15(19)6-12(10)13)24-14-9-22(11(14)2)17(23)25-18(3,4)5/h6-8,11,14H,9H2,1-5H3/t11?,14-/m1/s1. The van der Waals surface area contributed by atoms with E-state index in [1.807, 2.05) is 34.6 Å². The van der Waals surface area contributed by atoms with Crippen LogP contribution in [-0.2, 0) is 4.74 Å². The van der Waals surface area contributed by atoms with Gasteiger partial charge in [0.15, 0.2) is 0 Å². The molecule has 1 aliphatic heterocycles. The normalized spacial score (nSPS) is 20.3. The highest BCUT2D eigenvalue weighted by atomic mass is 35.5. The van der Waals surface area contributed by atoms with Gasteiger partial charge in [-0.25, -0.2) is 14.8 Å². The van der Waals surface area contributed by atoms with Crippen molar-refractivity contribution in [2.75, 3.05) is 6.54 Å². The Labute approximate surface area is 152 Å². The minimum Gasteiger partial charge on any atom is -0.470 e. The van der Waals surface area contributed by atoms with E-state index in [9.17, 15) is 4.79 Å². The van der Waals surface area contributed by atoms with Crippen LogP contribution in [0.3, 0.4) is 0 Å². The summed E-state index contributed by atoms with van der Waals surface area (Å²) in [5, 5.41) is 2.20. The number of pyridine rings is 2. The fourth-order valence-electron chi connectivity index (χ4n) is 2.73. The smallest absolute Gasteiger partial charge is 0.410 e. The minimum absolute atomic E-state index is 0.0896. The fourth-order valence-corrected chi connectivity index (χ4v) is 2.89. The van der Waals surface area contributed by atoms with Crippen LogP contribution in [0.1, 0.15) is 33.3 Å². The van der Waals surface area contributed by atoms with Crippen LogP contribution < -0.4 is 4.74 Å². The number of carbonyl (C=O) groups excluding carboxylic acids is 1. The van der Waals surface area contributed by atoms with E-state index in [1.165, 1.54) is 0 Å². The molecule has 2 aromatic rings. The molecule has 1 saturated heterocycles. The summed E-state index contributed by atoms with van der Waals surface area (Å²) in [6.45, 7) is 9.92. The molecule has 0 spiro atoms. The molecule has 134 valence electrons. The van der Waals surface area contributed by atoms with E-state index in [2.05, 4.69) is 9.97 Å². The van der Waals surface area contributed by atoms with Gasteiger partial charge in [-0.1, -0.05) is 11.6 Å². The summed E-state index contributed by atoms with van der Waals surface area (Å²) in [7, 11) is 0. The molecular formula is C18H22ClN3O3. The first-order valence-corrected chi connectivity index (χ1v) is 8.60. The quantitative estimate of drug-likeness (QED) is 0.755. The van der Waals surface area contributed by atoms with Crippen LogP contribution in [0.4, 0.5) is 4.79 Å². The van der Waals surface area contributed by atoms with Crippen molar-refractivity contribution in [2.24, 2.45) is 0 Å². The number of nitrogens with zero attached hydrogens (tertiary/aromatic N) is 3. The molecule has 1 fully saturated rings. The van der Waals surface area contributed by atoms with Crippen molar-refractivity contribution in [2.45, 2.75) is 52.4 Å². The van der Waals surface area contributed by atoms with Crippen LogP contribution >= 0.6 is 11.6 Å². The second kappa shape index (κ2) is 6.33. The van der Waals surface area contributed by atoms with Crippen LogP contribution in [0, 0.1) is 6.92 Å². The molecular weight excluding hydrogens is 342 g/mol. The van der Waals surface area contributed by atoms with Crippen LogP contribution in [0.2, 0.25) is 5.15 Å². The first-order valence-electron chi connectivity index (χ1n) is 8.23. The van der Waals surface area contributed by atoms with E-state index in [0.29, 0.717) is 17.6 Å². The van der Waals surface area contributed by atoms with Gasteiger partial charge in [0.2, 0.25) is 5.88 Å². The number of amides is 1. The molecule has 25 heavy (non-hydrogen) atoms. The zero-order valence-corrected chi connectivity index (χ0v) is 15.8. The first kappa shape index (κ1) is 17.7. The van der Waals surface area contributed by atoms with Gasteiger partial charge in [-0.3, -0.25) is 4.90 Å². The predicted molar refractivity (Wildman–Crippen MR) is 96.1 cm³/mol. The number of carbonyl (C=O) groups is 1. The fraction of sp³-hybridized carbons (Fsp3) is 0.500. The number of ether oxygens (including phenoxy) is 2. The topological polar surface area (TPSA) is 64.5 Å². The molecule has 0 bridgehead atoms. The van der Waals surface area contributed by atoms with Crippen molar-refractivity contribution in [3.05, 3.63) is 29.2 Å². The summed E-state index contributed by atoms with van der Waals surface area (Å²) < 4.78 is 11.4. The maximum atomic E-state index is 12.2. The monoisotopic (exact) mass is 363 g/mol. The first-order chi connectivity index (χ1) is 11.7. The lowest BCUT2D eigenvalue weighted by Gasteiger charge is -2.45. The van der Waals surface area contributed by atoms with Gasteiger partial charge in [0.1, 0.15) is 16.9 Å². The molecule has 1 unspecified atom stereocenters. The SMILES string of the molecule is Cc1cnc(O[C@@H]2CN(C(=O)OC(C)(C)C)C2C)c2cnc(Cl)cc12. The Morgan fingerprint density at radius 2 is 2.00 bits per heavy atom. The number of halogens is 1. The van der Waals surface area contributed by atoms with Crippen molar-refractivity contribution in [3.63, 3.8) is 0 Å². The molecule has 0 radical (unpaired) electrons. The van der Waals surface area contributed by atoms with Crippen molar-refractivity contribution in [3.8, 4) is 5.88 Å². The molecule has 1 amide bonds. The second-order valence-electron chi connectivity index (χ2n) is 7.33. The van der Waals surface area contributed by atoms with Crippen molar-refractivity contribution < 1.29 is 14.3 Å². The maximum Gasteiger partial charge on any atom is 0.410 e. The lowest BCUT2D eigenvalue weighted by molar-refractivity contribution is -0.0544. The summed E-state index contributed by atoms with van der Waals surface area (Å²) in [5.74, 6) is 0.505. The van der Waals surface area contributed by atoms with Gasteiger partial charge in [0.05, 0.1) is 18.0 Å². The number of rotatable bonds is 2. The van der Waals surface area contributed by atoms with E-state index in [1.54, 1.807) is 23.4 Å². The van der Waals surface area contributed by atoms with Crippen LogP contribution in [0.25, 0.3) is 10.8 Å². The van der Waals surface area contributed by atoms with Crippen LogP contribution in [0.15, 0.2) is 18.5 Å². The summed E-state index contributed by atoms with van der Waals surface area (Å²) in [6.07, 6.45) is 2.96. The molecule has 0 N–H and O–H groups in total. The van der Waals surface area contributed by atoms with E-state index >= 15 is 0 Å². The van der Waals surface area contributed by atoms with Crippen molar-refractivity contribution >= 4 is 28.5 Å².